The van der Waals surface area contributed by atoms with Gasteiger partial charge >= 0.3 is 0 Å². The second-order valence-corrected chi connectivity index (χ2v) is 7.92. The third-order valence-corrected chi connectivity index (χ3v) is 6.29. The molecule has 1 aromatic carbocycles. The smallest absolute Gasteiger partial charge is 0.234 e. The molecule has 4 rings (SSSR count). The largest absolute Gasteiger partial charge is 0.354 e. The van der Waals surface area contributed by atoms with Crippen molar-refractivity contribution >= 4 is 5.91 Å². The second-order valence-electron chi connectivity index (χ2n) is 7.92. The van der Waals surface area contributed by atoms with Crippen molar-refractivity contribution in [2.45, 2.75) is 56.3 Å². The maximum Gasteiger partial charge on any atom is 0.234 e. The number of nitrogens with zero attached hydrogens (tertiary/aromatic N) is 1. The number of carbonyl (C=O) groups is 1. The summed E-state index contributed by atoms with van der Waals surface area (Å²) in [5, 5.41) is 3.22. The Labute approximate surface area is 156 Å². The number of hydrogen-bond acceptors (Lipinski definition) is 4. The standard InChI is InChI=1S/C21H30N2O3/c24-19(15-23-12-5-4-9-18(23)20-25-13-14-26-20)22-16-21(10-6-11-21)17-7-2-1-3-8-17/h1-3,7-8,18,20H,4-6,9-16H2,(H,22,24). The number of amides is 1. The van der Waals surface area contributed by atoms with E-state index in [1.54, 1.807) is 0 Å². The van der Waals surface area contributed by atoms with Crippen molar-refractivity contribution in [2.24, 2.45) is 0 Å². The summed E-state index contributed by atoms with van der Waals surface area (Å²) in [6, 6.07) is 10.8. The van der Waals surface area contributed by atoms with Crippen LogP contribution in [0.4, 0.5) is 0 Å². The van der Waals surface area contributed by atoms with Crippen molar-refractivity contribution < 1.29 is 14.3 Å². The molecule has 142 valence electrons. The van der Waals surface area contributed by atoms with Crippen LogP contribution in [0.5, 0.6) is 0 Å². The molecule has 5 nitrogen and oxygen atoms in total. The molecule has 1 amide bonds. The number of rotatable bonds is 6. The van der Waals surface area contributed by atoms with E-state index < -0.39 is 0 Å². The second kappa shape index (κ2) is 8.07. The monoisotopic (exact) mass is 358 g/mol. The Hall–Kier alpha value is -1.43. The van der Waals surface area contributed by atoms with E-state index in [1.807, 2.05) is 0 Å². The molecule has 0 bridgehead atoms. The predicted octanol–water partition coefficient (Wildman–Crippen LogP) is 2.45. The predicted molar refractivity (Wildman–Crippen MR) is 99.9 cm³/mol. The molecule has 2 heterocycles. The minimum atomic E-state index is -0.162. The minimum Gasteiger partial charge on any atom is -0.354 e. The van der Waals surface area contributed by atoms with Gasteiger partial charge in [-0.1, -0.05) is 43.2 Å². The van der Waals surface area contributed by atoms with Gasteiger partial charge in [-0.25, -0.2) is 0 Å². The molecule has 2 saturated heterocycles. The molecule has 3 fully saturated rings. The molecule has 5 heteroatoms. The molecule has 0 radical (unpaired) electrons. The Bertz CT molecular complexity index is 597. The van der Waals surface area contributed by atoms with Crippen LogP contribution >= 0.6 is 0 Å². The summed E-state index contributed by atoms with van der Waals surface area (Å²) < 4.78 is 11.4. The summed E-state index contributed by atoms with van der Waals surface area (Å²) in [4.78, 5) is 14.9. The first-order valence-corrected chi connectivity index (χ1v) is 10.1. The Morgan fingerprint density at radius 3 is 2.58 bits per heavy atom. The first-order chi connectivity index (χ1) is 12.8. The highest BCUT2D eigenvalue weighted by Gasteiger charge is 2.39. The number of benzene rings is 1. The Kier molecular flexibility index (Phi) is 5.57. The normalized spacial score (nSPS) is 26.4. The lowest BCUT2D eigenvalue weighted by Gasteiger charge is -2.43. The zero-order valence-electron chi connectivity index (χ0n) is 15.5. The van der Waals surface area contributed by atoms with Gasteiger partial charge in [0.1, 0.15) is 0 Å². The van der Waals surface area contributed by atoms with Crippen molar-refractivity contribution in [2.75, 3.05) is 32.8 Å². The molecule has 1 aliphatic carbocycles. The summed E-state index contributed by atoms with van der Waals surface area (Å²) in [6.07, 6.45) is 6.78. The van der Waals surface area contributed by atoms with E-state index >= 15 is 0 Å². The number of carbonyl (C=O) groups excluding carboxylic acids is 1. The number of ether oxygens (including phenoxy) is 2. The topological polar surface area (TPSA) is 50.8 Å². The summed E-state index contributed by atoms with van der Waals surface area (Å²) in [7, 11) is 0. The Balaban J connectivity index is 1.33. The molecular formula is C21H30N2O3. The number of likely N-dealkylation sites (tertiary alicyclic amines) is 1. The zero-order valence-corrected chi connectivity index (χ0v) is 15.5. The van der Waals surface area contributed by atoms with E-state index in [0.29, 0.717) is 19.8 Å². The number of piperidine rings is 1. The van der Waals surface area contributed by atoms with Gasteiger partial charge < -0.3 is 14.8 Å². The minimum absolute atomic E-state index is 0.122. The van der Waals surface area contributed by atoms with Crippen LogP contribution in [-0.2, 0) is 19.7 Å². The molecule has 1 saturated carbocycles. The molecule has 1 N–H and O–H groups in total. The summed E-state index contributed by atoms with van der Waals surface area (Å²) in [5.41, 5.74) is 1.49. The SMILES string of the molecule is O=C(CN1CCCCC1C1OCCO1)NCC1(c2ccccc2)CCC1. The lowest BCUT2D eigenvalue weighted by molar-refractivity contribution is -0.131. The molecule has 26 heavy (non-hydrogen) atoms. The third-order valence-electron chi connectivity index (χ3n) is 6.29. The van der Waals surface area contributed by atoms with Crippen LogP contribution in [-0.4, -0.2) is 56.0 Å². The first-order valence-electron chi connectivity index (χ1n) is 10.1. The van der Waals surface area contributed by atoms with Crippen molar-refractivity contribution in [3.63, 3.8) is 0 Å². The number of hydrogen-bond donors (Lipinski definition) is 1. The molecule has 2 aliphatic heterocycles. The lowest BCUT2D eigenvalue weighted by atomic mass is 9.64. The van der Waals surface area contributed by atoms with Gasteiger partial charge in [0.2, 0.25) is 5.91 Å². The van der Waals surface area contributed by atoms with Gasteiger partial charge in [-0.05, 0) is 37.8 Å². The van der Waals surface area contributed by atoms with Crippen LogP contribution in [0, 0.1) is 0 Å². The van der Waals surface area contributed by atoms with Crippen molar-refractivity contribution in [3.05, 3.63) is 35.9 Å². The molecule has 1 unspecified atom stereocenters. The fraction of sp³-hybridized carbons (Fsp3) is 0.667. The van der Waals surface area contributed by atoms with E-state index in [2.05, 4.69) is 40.5 Å². The highest BCUT2D eigenvalue weighted by Crippen LogP contribution is 2.43. The van der Waals surface area contributed by atoms with Gasteiger partial charge in [-0.3, -0.25) is 9.69 Å². The van der Waals surface area contributed by atoms with Crippen molar-refractivity contribution in [3.8, 4) is 0 Å². The van der Waals surface area contributed by atoms with Crippen LogP contribution in [0.15, 0.2) is 30.3 Å². The third kappa shape index (κ3) is 3.80. The van der Waals surface area contributed by atoms with Gasteiger partial charge in [-0.15, -0.1) is 0 Å². The van der Waals surface area contributed by atoms with Crippen LogP contribution in [0.25, 0.3) is 0 Å². The van der Waals surface area contributed by atoms with E-state index in [0.717, 1.165) is 38.8 Å². The first kappa shape index (κ1) is 18.0. The molecule has 0 spiro atoms. The quantitative estimate of drug-likeness (QED) is 0.849. The van der Waals surface area contributed by atoms with Crippen LogP contribution in [0.3, 0.4) is 0 Å². The fourth-order valence-electron chi connectivity index (χ4n) is 4.59. The number of nitrogens with one attached hydrogen (secondary N) is 1. The van der Waals surface area contributed by atoms with Crippen LogP contribution < -0.4 is 5.32 Å². The van der Waals surface area contributed by atoms with E-state index in [4.69, 9.17) is 9.47 Å². The molecular weight excluding hydrogens is 328 g/mol. The van der Waals surface area contributed by atoms with Crippen molar-refractivity contribution in [1.82, 2.24) is 10.2 Å². The van der Waals surface area contributed by atoms with Crippen molar-refractivity contribution in [1.29, 1.82) is 0 Å². The van der Waals surface area contributed by atoms with Gasteiger partial charge in [0.15, 0.2) is 6.29 Å². The molecule has 1 atom stereocenters. The summed E-state index contributed by atoms with van der Waals surface area (Å²) in [6.45, 7) is 3.47. The maximum absolute atomic E-state index is 12.7. The highest BCUT2D eigenvalue weighted by atomic mass is 16.7. The molecule has 3 aliphatic rings. The summed E-state index contributed by atoms with van der Waals surface area (Å²) >= 11 is 0. The van der Waals surface area contributed by atoms with E-state index in [1.165, 1.54) is 18.4 Å². The lowest BCUT2D eigenvalue weighted by Crippen LogP contribution is -2.52. The van der Waals surface area contributed by atoms with E-state index in [-0.39, 0.29) is 23.7 Å². The van der Waals surface area contributed by atoms with Gasteiger partial charge in [0, 0.05) is 12.0 Å². The Morgan fingerprint density at radius 1 is 1.12 bits per heavy atom. The van der Waals surface area contributed by atoms with Crippen LogP contribution in [0.2, 0.25) is 0 Å². The van der Waals surface area contributed by atoms with Crippen LogP contribution in [0.1, 0.15) is 44.1 Å². The van der Waals surface area contributed by atoms with Gasteiger partial charge in [0.25, 0.3) is 0 Å². The van der Waals surface area contributed by atoms with Gasteiger partial charge in [0.05, 0.1) is 25.8 Å². The zero-order chi connectivity index (χ0) is 17.8. The summed E-state index contributed by atoms with van der Waals surface area (Å²) in [5.74, 6) is 0.122. The van der Waals surface area contributed by atoms with E-state index in [9.17, 15) is 4.79 Å². The molecule has 1 aromatic rings. The maximum atomic E-state index is 12.7. The Morgan fingerprint density at radius 2 is 1.88 bits per heavy atom. The molecule has 0 aromatic heterocycles. The highest BCUT2D eigenvalue weighted by molar-refractivity contribution is 5.78. The fourth-order valence-corrected chi connectivity index (χ4v) is 4.59. The average Bonchev–Trinajstić information content (AvgIpc) is 3.17. The average molecular weight is 358 g/mol. The van der Waals surface area contributed by atoms with Gasteiger partial charge in [-0.2, -0.15) is 0 Å².